The summed E-state index contributed by atoms with van der Waals surface area (Å²) in [6, 6.07) is 16.2. The molecule has 168 valence electrons. The Morgan fingerprint density at radius 2 is 1.66 bits per heavy atom. The van der Waals surface area contributed by atoms with E-state index in [1.807, 2.05) is 39.0 Å². The lowest BCUT2D eigenvalue weighted by molar-refractivity contribution is -0.143. The van der Waals surface area contributed by atoms with Gasteiger partial charge in [-0.05, 0) is 48.7 Å². The minimum atomic E-state index is -0.429. The Morgan fingerprint density at radius 3 is 2.31 bits per heavy atom. The monoisotopic (exact) mass is 435 g/mol. The van der Waals surface area contributed by atoms with Crippen molar-refractivity contribution >= 4 is 40.1 Å². The molecule has 0 atom stereocenters. The first-order valence-electron chi connectivity index (χ1n) is 10.6. The maximum atomic E-state index is 13.0. The maximum absolute atomic E-state index is 13.0. The molecule has 0 unspecified atom stereocenters. The molecule has 7 nitrogen and oxygen atoms in total. The second-order valence-corrected chi connectivity index (χ2v) is 8.80. The van der Waals surface area contributed by atoms with E-state index in [4.69, 9.17) is 4.74 Å². The zero-order valence-electron chi connectivity index (χ0n) is 18.9. The van der Waals surface area contributed by atoms with Gasteiger partial charge in [-0.15, -0.1) is 0 Å². The summed E-state index contributed by atoms with van der Waals surface area (Å²) in [5.74, 6) is -0.846. The molecule has 0 bridgehead atoms. The van der Waals surface area contributed by atoms with Crippen molar-refractivity contribution in [1.29, 1.82) is 0 Å². The van der Waals surface area contributed by atoms with Crippen LogP contribution in [0, 0.1) is 5.41 Å². The average molecular weight is 436 g/mol. The standard InChI is InChI=1S/C25H29N3O4/c1-5-32-23(30)16-28-20-12-11-19(26-22(29)15-25(2,3)4)13-17(20)14-21(28)24(31)27-18-9-7-6-8-10-18/h6-14H,5,15-16H2,1-4H3,(H,26,29)(H,27,31). The minimum Gasteiger partial charge on any atom is -0.465 e. The number of hydrogen-bond donors (Lipinski definition) is 2. The number of nitrogens with zero attached hydrogens (tertiary/aromatic N) is 1. The lowest BCUT2D eigenvalue weighted by Crippen LogP contribution is -2.21. The number of fused-ring (bicyclic) bond motifs is 1. The normalized spacial score (nSPS) is 11.2. The molecule has 0 aliphatic heterocycles. The maximum Gasteiger partial charge on any atom is 0.325 e. The molecule has 0 fully saturated rings. The number of amides is 2. The Labute approximate surface area is 187 Å². The van der Waals surface area contributed by atoms with E-state index in [1.54, 1.807) is 47.9 Å². The van der Waals surface area contributed by atoms with Crippen molar-refractivity contribution in [1.82, 2.24) is 4.57 Å². The smallest absolute Gasteiger partial charge is 0.325 e. The van der Waals surface area contributed by atoms with Gasteiger partial charge in [0.15, 0.2) is 0 Å². The van der Waals surface area contributed by atoms with Crippen molar-refractivity contribution in [3.63, 3.8) is 0 Å². The third kappa shape index (κ3) is 5.97. The van der Waals surface area contributed by atoms with Gasteiger partial charge in [-0.1, -0.05) is 39.0 Å². The van der Waals surface area contributed by atoms with Crippen LogP contribution in [0.15, 0.2) is 54.6 Å². The fourth-order valence-electron chi connectivity index (χ4n) is 3.45. The quantitative estimate of drug-likeness (QED) is 0.520. The molecule has 3 rings (SSSR count). The predicted molar refractivity (Wildman–Crippen MR) is 126 cm³/mol. The highest BCUT2D eigenvalue weighted by atomic mass is 16.5. The summed E-state index contributed by atoms with van der Waals surface area (Å²) < 4.78 is 6.72. The molecule has 0 saturated heterocycles. The SMILES string of the molecule is CCOC(=O)Cn1c(C(=O)Nc2ccccc2)cc2cc(NC(=O)CC(C)(C)C)ccc21. The summed E-state index contributed by atoms with van der Waals surface area (Å²) in [5, 5.41) is 6.50. The van der Waals surface area contributed by atoms with Crippen LogP contribution >= 0.6 is 0 Å². The van der Waals surface area contributed by atoms with Gasteiger partial charge in [0.2, 0.25) is 5.91 Å². The number of benzene rings is 2. The van der Waals surface area contributed by atoms with Crippen molar-refractivity contribution in [2.45, 2.75) is 40.7 Å². The first-order chi connectivity index (χ1) is 15.2. The van der Waals surface area contributed by atoms with E-state index >= 15 is 0 Å². The Kier molecular flexibility index (Phi) is 6.98. The number of carbonyl (C=O) groups is 3. The van der Waals surface area contributed by atoms with Crippen molar-refractivity contribution in [3.8, 4) is 0 Å². The number of carbonyl (C=O) groups excluding carboxylic acids is 3. The van der Waals surface area contributed by atoms with Gasteiger partial charge in [0.05, 0.1) is 6.61 Å². The molecular formula is C25H29N3O4. The highest BCUT2D eigenvalue weighted by Crippen LogP contribution is 2.26. The van der Waals surface area contributed by atoms with Crippen molar-refractivity contribution in [3.05, 3.63) is 60.3 Å². The van der Waals surface area contributed by atoms with Gasteiger partial charge in [-0.3, -0.25) is 14.4 Å². The first-order valence-corrected chi connectivity index (χ1v) is 10.6. The van der Waals surface area contributed by atoms with Gasteiger partial charge in [0.1, 0.15) is 12.2 Å². The molecule has 0 saturated carbocycles. The number of esters is 1. The van der Waals surface area contributed by atoms with Crippen LogP contribution in [0.3, 0.4) is 0 Å². The van der Waals surface area contributed by atoms with Crippen LogP contribution in [0.5, 0.6) is 0 Å². The van der Waals surface area contributed by atoms with Crippen LogP contribution in [0.2, 0.25) is 0 Å². The van der Waals surface area contributed by atoms with Crippen LogP contribution in [0.25, 0.3) is 10.9 Å². The highest BCUT2D eigenvalue weighted by molar-refractivity contribution is 6.07. The molecule has 1 heterocycles. The molecule has 0 aliphatic carbocycles. The van der Waals surface area contributed by atoms with Gasteiger partial charge in [0, 0.05) is 28.7 Å². The molecular weight excluding hydrogens is 406 g/mol. The number of rotatable bonds is 7. The van der Waals surface area contributed by atoms with Crippen molar-refractivity contribution in [2.24, 2.45) is 5.41 Å². The van der Waals surface area contributed by atoms with Gasteiger partial charge < -0.3 is 19.9 Å². The van der Waals surface area contributed by atoms with E-state index in [2.05, 4.69) is 10.6 Å². The van der Waals surface area contributed by atoms with E-state index in [9.17, 15) is 14.4 Å². The van der Waals surface area contributed by atoms with E-state index < -0.39 is 5.97 Å². The van der Waals surface area contributed by atoms with Crippen molar-refractivity contribution in [2.75, 3.05) is 17.2 Å². The number of nitrogens with one attached hydrogen (secondary N) is 2. The van der Waals surface area contributed by atoms with Crippen LogP contribution in [-0.4, -0.2) is 29.0 Å². The molecule has 0 spiro atoms. The summed E-state index contributed by atoms with van der Waals surface area (Å²) >= 11 is 0. The van der Waals surface area contributed by atoms with E-state index in [1.165, 1.54) is 0 Å². The summed E-state index contributed by atoms with van der Waals surface area (Å²) in [7, 11) is 0. The number of anilines is 2. The van der Waals surface area contributed by atoms with E-state index in [0.29, 0.717) is 29.0 Å². The largest absolute Gasteiger partial charge is 0.465 e. The average Bonchev–Trinajstić information content (AvgIpc) is 3.05. The fourth-order valence-corrected chi connectivity index (χ4v) is 3.45. The van der Waals surface area contributed by atoms with Crippen LogP contribution in [0.1, 0.15) is 44.6 Å². The second-order valence-electron chi connectivity index (χ2n) is 8.80. The second kappa shape index (κ2) is 9.68. The number of hydrogen-bond acceptors (Lipinski definition) is 4. The Bertz CT molecular complexity index is 1130. The van der Waals surface area contributed by atoms with Gasteiger partial charge in [0.25, 0.3) is 5.91 Å². The molecule has 2 amide bonds. The summed E-state index contributed by atoms with van der Waals surface area (Å²) in [4.78, 5) is 37.5. The fraction of sp³-hybridized carbons (Fsp3) is 0.320. The zero-order chi connectivity index (χ0) is 23.3. The Morgan fingerprint density at radius 1 is 0.938 bits per heavy atom. The predicted octanol–water partition coefficient (Wildman–Crippen LogP) is 4.83. The highest BCUT2D eigenvalue weighted by Gasteiger charge is 2.20. The summed E-state index contributed by atoms with van der Waals surface area (Å²) in [6.07, 6.45) is 0.389. The Hall–Kier alpha value is -3.61. The lowest BCUT2D eigenvalue weighted by Gasteiger charge is -2.17. The van der Waals surface area contributed by atoms with Gasteiger partial charge >= 0.3 is 5.97 Å². The molecule has 3 aromatic rings. The molecule has 1 aromatic heterocycles. The van der Waals surface area contributed by atoms with Crippen LogP contribution in [-0.2, 0) is 20.9 Å². The Balaban J connectivity index is 1.94. The van der Waals surface area contributed by atoms with Crippen molar-refractivity contribution < 1.29 is 19.1 Å². The molecule has 0 aliphatic rings. The summed E-state index contributed by atoms with van der Waals surface area (Å²) in [5.41, 5.74) is 2.19. The minimum absolute atomic E-state index is 0.0788. The zero-order valence-corrected chi connectivity index (χ0v) is 18.9. The van der Waals surface area contributed by atoms with E-state index in [0.717, 1.165) is 5.39 Å². The van der Waals surface area contributed by atoms with Crippen LogP contribution in [0.4, 0.5) is 11.4 Å². The number of ether oxygens (including phenoxy) is 1. The topological polar surface area (TPSA) is 89.4 Å². The molecule has 2 N–H and O–H groups in total. The van der Waals surface area contributed by atoms with Gasteiger partial charge in [-0.25, -0.2) is 0 Å². The molecule has 0 radical (unpaired) electrons. The summed E-state index contributed by atoms with van der Waals surface area (Å²) in [6.45, 7) is 7.91. The first kappa shape index (κ1) is 23.1. The van der Waals surface area contributed by atoms with E-state index in [-0.39, 0.29) is 30.4 Å². The lowest BCUT2D eigenvalue weighted by atomic mass is 9.92. The number of aromatic nitrogens is 1. The molecule has 32 heavy (non-hydrogen) atoms. The number of para-hydroxylation sites is 1. The van der Waals surface area contributed by atoms with Crippen LogP contribution < -0.4 is 10.6 Å². The van der Waals surface area contributed by atoms with Gasteiger partial charge in [-0.2, -0.15) is 0 Å². The molecule has 7 heteroatoms. The molecule has 2 aromatic carbocycles. The third-order valence-electron chi connectivity index (χ3n) is 4.73. The third-order valence-corrected chi connectivity index (χ3v) is 4.73.